The Morgan fingerprint density at radius 1 is 1.33 bits per heavy atom. The minimum absolute atomic E-state index is 0.0102. The Kier molecular flexibility index (Phi) is 2.03. The summed E-state index contributed by atoms with van der Waals surface area (Å²) in [6.45, 7) is 0. The Morgan fingerprint density at radius 2 is 2.00 bits per heavy atom. The number of alkyl halides is 2. The van der Waals surface area contributed by atoms with Gasteiger partial charge >= 0.3 is 0 Å². The van der Waals surface area contributed by atoms with Gasteiger partial charge in [-0.05, 0) is 17.7 Å². The SMILES string of the molecule is O=CC1(c2cccc(O)c2)CC(F)(F)C1. The van der Waals surface area contributed by atoms with Gasteiger partial charge in [0, 0.05) is 12.8 Å². The zero-order valence-corrected chi connectivity index (χ0v) is 7.91. The van der Waals surface area contributed by atoms with E-state index in [4.69, 9.17) is 0 Å². The average molecular weight is 212 g/mol. The van der Waals surface area contributed by atoms with Crippen LogP contribution in [0.5, 0.6) is 5.75 Å². The van der Waals surface area contributed by atoms with Crippen LogP contribution in [0.15, 0.2) is 24.3 Å². The fourth-order valence-corrected chi connectivity index (χ4v) is 2.04. The summed E-state index contributed by atoms with van der Waals surface area (Å²) in [4.78, 5) is 10.9. The van der Waals surface area contributed by atoms with E-state index in [-0.39, 0.29) is 5.75 Å². The van der Waals surface area contributed by atoms with Gasteiger partial charge in [-0.15, -0.1) is 0 Å². The molecule has 80 valence electrons. The van der Waals surface area contributed by atoms with Crippen molar-refractivity contribution in [2.24, 2.45) is 0 Å². The molecule has 0 bridgehead atoms. The van der Waals surface area contributed by atoms with Crippen LogP contribution in [0.4, 0.5) is 8.78 Å². The maximum Gasteiger partial charge on any atom is 0.250 e. The Labute approximate surface area is 85.5 Å². The average Bonchev–Trinajstić information content (AvgIpc) is 2.13. The number of aromatic hydroxyl groups is 1. The summed E-state index contributed by atoms with van der Waals surface area (Å²) < 4.78 is 25.6. The number of rotatable bonds is 2. The van der Waals surface area contributed by atoms with Gasteiger partial charge in [-0.2, -0.15) is 0 Å². The van der Waals surface area contributed by atoms with E-state index in [1.807, 2.05) is 0 Å². The minimum atomic E-state index is -2.76. The van der Waals surface area contributed by atoms with Gasteiger partial charge in [0.05, 0.1) is 5.41 Å². The summed E-state index contributed by atoms with van der Waals surface area (Å²) in [5, 5.41) is 9.22. The van der Waals surface area contributed by atoms with Crippen molar-refractivity contribution >= 4 is 6.29 Å². The van der Waals surface area contributed by atoms with Crippen LogP contribution in [0, 0.1) is 0 Å². The first-order chi connectivity index (χ1) is 6.97. The maximum atomic E-state index is 12.8. The van der Waals surface area contributed by atoms with E-state index in [1.54, 1.807) is 12.1 Å². The van der Waals surface area contributed by atoms with Crippen molar-refractivity contribution in [3.05, 3.63) is 29.8 Å². The monoisotopic (exact) mass is 212 g/mol. The van der Waals surface area contributed by atoms with Crippen LogP contribution < -0.4 is 0 Å². The molecule has 2 rings (SSSR count). The normalized spacial score (nSPS) is 21.7. The molecule has 1 aliphatic rings. The first-order valence-corrected chi connectivity index (χ1v) is 4.61. The first-order valence-electron chi connectivity index (χ1n) is 4.61. The number of phenolic OH excluding ortho intramolecular Hbond substituents is 1. The predicted octanol–water partition coefficient (Wildman–Crippen LogP) is 2.26. The van der Waals surface area contributed by atoms with Gasteiger partial charge in [0.1, 0.15) is 12.0 Å². The minimum Gasteiger partial charge on any atom is -0.508 e. The standard InChI is InChI=1S/C11H10F2O2/c12-11(13)5-10(6-11,7-14)8-2-1-3-9(15)4-8/h1-4,7,15H,5-6H2. The van der Waals surface area contributed by atoms with Crippen LogP contribution in [0.1, 0.15) is 18.4 Å². The Balaban J connectivity index is 2.33. The molecule has 2 nitrogen and oxygen atoms in total. The summed E-state index contributed by atoms with van der Waals surface area (Å²) in [5.41, 5.74) is -0.647. The lowest BCUT2D eigenvalue weighted by Gasteiger charge is -2.43. The number of phenols is 1. The topological polar surface area (TPSA) is 37.3 Å². The summed E-state index contributed by atoms with van der Waals surface area (Å²) in [6, 6.07) is 5.94. The van der Waals surface area contributed by atoms with E-state index in [1.165, 1.54) is 12.1 Å². The van der Waals surface area contributed by atoms with E-state index < -0.39 is 24.2 Å². The predicted molar refractivity (Wildman–Crippen MR) is 50.0 cm³/mol. The maximum absolute atomic E-state index is 12.8. The number of hydrogen-bond donors (Lipinski definition) is 1. The van der Waals surface area contributed by atoms with Crippen molar-refractivity contribution in [3.8, 4) is 5.75 Å². The summed E-state index contributed by atoms with van der Waals surface area (Å²) >= 11 is 0. The van der Waals surface area contributed by atoms with Crippen molar-refractivity contribution < 1.29 is 18.7 Å². The highest BCUT2D eigenvalue weighted by atomic mass is 19.3. The van der Waals surface area contributed by atoms with E-state index >= 15 is 0 Å². The van der Waals surface area contributed by atoms with Crippen LogP contribution in [0.25, 0.3) is 0 Å². The number of carbonyl (C=O) groups is 1. The molecule has 4 heteroatoms. The molecule has 0 aliphatic heterocycles. The molecule has 0 heterocycles. The molecule has 1 aliphatic carbocycles. The molecular weight excluding hydrogens is 202 g/mol. The van der Waals surface area contributed by atoms with Crippen LogP contribution in [-0.4, -0.2) is 17.3 Å². The molecule has 0 saturated heterocycles. The van der Waals surface area contributed by atoms with Gasteiger partial charge in [0.25, 0.3) is 5.92 Å². The van der Waals surface area contributed by atoms with Gasteiger partial charge in [0.2, 0.25) is 0 Å². The third-order valence-corrected chi connectivity index (χ3v) is 2.79. The lowest BCUT2D eigenvalue weighted by atomic mass is 9.63. The van der Waals surface area contributed by atoms with Gasteiger partial charge in [-0.1, -0.05) is 12.1 Å². The van der Waals surface area contributed by atoms with E-state index in [0.29, 0.717) is 11.8 Å². The molecule has 1 N–H and O–H groups in total. The van der Waals surface area contributed by atoms with Crippen molar-refractivity contribution in [1.29, 1.82) is 0 Å². The summed E-state index contributed by atoms with van der Waals surface area (Å²) in [6.07, 6.45) is -0.376. The number of carbonyl (C=O) groups excluding carboxylic acids is 1. The van der Waals surface area contributed by atoms with Crippen LogP contribution in [0.2, 0.25) is 0 Å². The van der Waals surface area contributed by atoms with Gasteiger partial charge in [0.15, 0.2) is 0 Å². The summed E-state index contributed by atoms with van der Waals surface area (Å²) in [7, 11) is 0. The van der Waals surface area contributed by atoms with Crippen molar-refractivity contribution in [2.45, 2.75) is 24.2 Å². The van der Waals surface area contributed by atoms with Crippen LogP contribution in [-0.2, 0) is 10.2 Å². The molecule has 1 fully saturated rings. The number of aldehydes is 1. The van der Waals surface area contributed by atoms with Crippen molar-refractivity contribution in [2.75, 3.05) is 0 Å². The molecule has 0 atom stereocenters. The lowest BCUT2D eigenvalue weighted by molar-refractivity contribution is -0.146. The van der Waals surface area contributed by atoms with E-state index in [2.05, 4.69) is 0 Å². The smallest absolute Gasteiger partial charge is 0.250 e. The fourth-order valence-electron chi connectivity index (χ4n) is 2.04. The van der Waals surface area contributed by atoms with Crippen LogP contribution in [0.3, 0.4) is 0 Å². The van der Waals surface area contributed by atoms with E-state index in [0.717, 1.165) is 0 Å². The highest BCUT2D eigenvalue weighted by Crippen LogP contribution is 2.52. The zero-order chi connectivity index (χ0) is 11.1. The number of hydrogen-bond acceptors (Lipinski definition) is 2. The third-order valence-electron chi connectivity index (χ3n) is 2.79. The Hall–Kier alpha value is -1.45. The lowest BCUT2D eigenvalue weighted by Crippen LogP contribution is -2.50. The van der Waals surface area contributed by atoms with E-state index in [9.17, 15) is 18.7 Å². The molecule has 1 aromatic rings. The largest absolute Gasteiger partial charge is 0.508 e. The molecule has 0 amide bonds. The number of halogens is 2. The zero-order valence-electron chi connectivity index (χ0n) is 7.91. The third kappa shape index (κ3) is 1.60. The van der Waals surface area contributed by atoms with Gasteiger partial charge in [-0.3, -0.25) is 0 Å². The summed E-state index contributed by atoms with van der Waals surface area (Å²) in [5.74, 6) is -2.77. The quantitative estimate of drug-likeness (QED) is 0.763. The number of benzene rings is 1. The van der Waals surface area contributed by atoms with Crippen molar-refractivity contribution in [3.63, 3.8) is 0 Å². The molecular formula is C11H10F2O2. The second-order valence-corrected chi connectivity index (χ2v) is 4.03. The molecule has 1 saturated carbocycles. The Morgan fingerprint density at radius 3 is 2.47 bits per heavy atom. The second kappa shape index (κ2) is 3.02. The molecule has 0 unspecified atom stereocenters. The molecule has 0 spiro atoms. The molecule has 0 aromatic heterocycles. The highest BCUT2D eigenvalue weighted by Gasteiger charge is 2.57. The van der Waals surface area contributed by atoms with Gasteiger partial charge in [-0.25, -0.2) is 8.78 Å². The molecule has 1 aromatic carbocycles. The van der Waals surface area contributed by atoms with Crippen LogP contribution >= 0.6 is 0 Å². The highest BCUT2D eigenvalue weighted by molar-refractivity contribution is 5.71. The Bertz CT molecular complexity index is 393. The fraction of sp³-hybridized carbons (Fsp3) is 0.364. The van der Waals surface area contributed by atoms with Gasteiger partial charge < -0.3 is 9.90 Å². The molecule has 0 radical (unpaired) electrons. The first kappa shape index (κ1) is 10.1. The molecule has 15 heavy (non-hydrogen) atoms. The van der Waals surface area contributed by atoms with Crippen molar-refractivity contribution in [1.82, 2.24) is 0 Å². The second-order valence-electron chi connectivity index (χ2n) is 4.03.